The van der Waals surface area contributed by atoms with Gasteiger partial charge in [-0.1, -0.05) is 24.3 Å². The van der Waals surface area contributed by atoms with Gasteiger partial charge in [0, 0.05) is 13.1 Å². The molecule has 1 aliphatic carbocycles. The van der Waals surface area contributed by atoms with Gasteiger partial charge in [0.25, 0.3) is 0 Å². The molecule has 0 atom stereocenters. The third-order valence-electron chi connectivity index (χ3n) is 4.60. The average Bonchev–Trinajstić information content (AvgIpc) is 3.21. The summed E-state index contributed by atoms with van der Waals surface area (Å²) in [6.07, 6.45) is 5.26. The third kappa shape index (κ3) is 4.82. The Balaban J connectivity index is 1.45. The van der Waals surface area contributed by atoms with Crippen LogP contribution in [0.15, 0.2) is 24.3 Å². The van der Waals surface area contributed by atoms with Crippen LogP contribution in [-0.2, 0) is 17.9 Å². The summed E-state index contributed by atoms with van der Waals surface area (Å²) in [5.74, 6) is 0.908. The monoisotopic (exact) mass is 301 g/mol. The summed E-state index contributed by atoms with van der Waals surface area (Å²) in [4.78, 5) is 14.4. The number of likely N-dealkylation sites (tertiary alicyclic amines) is 1. The first-order chi connectivity index (χ1) is 10.8. The summed E-state index contributed by atoms with van der Waals surface area (Å²) in [6, 6.07) is 8.46. The molecule has 4 nitrogen and oxygen atoms in total. The number of nitrogens with zero attached hydrogens (tertiary/aromatic N) is 1. The molecule has 1 amide bonds. The summed E-state index contributed by atoms with van der Waals surface area (Å²) in [5, 5.41) is 6.27. The van der Waals surface area contributed by atoms with Crippen LogP contribution in [0.25, 0.3) is 0 Å². The lowest BCUT2D eigenvalue weighted by Crippen LogP contribution is -2.34. The largest absolute Gasteiger partial charge is 0.351 e. The van der Waals surface area contributed by atoms with E-state index in [2.05, 4.69) is 39.8 Å². The zero-order chi connectivity index (χ0) is 15.2. The summed E-state index contributed by atoms with van der Waals surface area (Å²) < 4.78 is 0. The number of carbonyl (C=O) groups is 1. The van der Waals surface area contributed by atoms with Crippen molar-refractivity contribution in [3.05, 3.63) is 35.4 Å². The number of benzene rings is 1. The van der Waals surface area contributed by atoms with Gasteiger partial charge in [-0.25, -0.2) is 0 Å². The molecule has 1 saturated carbocycles. The van der Waals surface area contributed by atoms with Crippen LogP contribution in [0.5, 0.6) is 0 Å². The topological polar surface area (TPSA) is 44.4 Å². The van der Waals surface area contributed by atoms with Crippen molar-refractivity contribution in [3.8, 4) is 0 Å². The number of hydrogen-bond acceptors (Lipinski definition) is 3. The Morgan fingerprint density at radius 1 is 1.14 bits per heavy atom. The Hall–Kier alpha value is -1.39. The Labute approximate surface area is 133 Å². The molecule has 0 unspecified atom stereocenters. The molecule has 1 aromatic carbocycles. The fraction of sp³-hybridized carbons (Fsp3) is 0.611. The minimum Gasteiger partial charge on any atom is -0.351 e. The molecular weight excluding hydrogens is 274 g/mol. The first-order valence-electron chi connectivity index (χ1n) is 8.58. The molecule has 2 aliphatic rings. The van der Waals surface area contributed by atoms with E-state index in [9.17, 15) is 4.79 Å². The summed E-state index contributed by atoms with van der Waals surface area (Å²) in [7, 11) is 0. The summed E-state index contributed by atoms with van der Waals surface area (Å²) in [5.41, 5.74) is 2.58. The molecule has 0 spiro atoms. The molecule has 1 heterocycles. The smallest absolute Gasteiger partial charge is 0.234 e. The van der Waals surface area contributed by atoms with Crippen molar-refractivity contribution < 1.29 is 4.79 Å². The van der Waals surface area contributed by atoms with Crippen molar-refractivity contribution in [3.63, 3.8) is 0 Å². The summed E-state index contributed by atoms with van der Waals surface area (Å²) >= 11 is 0. The van der Waals surface area contributed by atoms with Gasteiger partial charge in [-0.15, -0.1) is 0 Å². The first kappa shape index (κ1) is 15.5. The van der Waals surface area contributed by atoms with E-state index >= 15 is 0 Å². The second-order valence-corrected chi connectivity index (χ2v) is 6.60. The van der Waals surface area contributed by atoms with Gasteiger partial charge in [-0.05, 0) is 62.4 Å². The Bertz CT molecular complexity index is 493. The minimum atomic E-state index is 0.0941. The van der Waals surface area contributed by atoms with E-state index in [1.807, 2.05) is 0 Å². The predicted octanol–water partition coefficient (Wildman–Crippen LogP) is 1.90. The second-order valence-electron chi connectivity index (χ2n) is 6.60. The fourth-order valence-electron chi connectivity index (χ4n) is 3.03. The van der Waals surface area contributed by atoms with Crippen molar-refractivity contribution in [1.29, 1.82) is 0 Å². The highest BCUT2D eigenvalue weighted by Crippen LogP contribution is 2.27. The molecular formula is C18H27N3O. The van der Waals surface area contributed by atoms with Crippen LogP contribution in [0, 0.1) is 5.92 Å². The van der Waals surface area contributed by atoms with Crippen molar-refractivity contribution in [1.82, 2.24) is 15.5 Å². The quantitative estimate of drug-likeness (QED) is 0.771. The molecule has 3 rings (SSSR count). The molecule has 120 valence electrons. The second kappa shape index (κ2) is 7.75. The molecule has 2 N–H and O–H groups in total. The number of hydrogen-bond donors (Lipinski definition) is 2. The zero-order valence-corrected chi connectivity index (χ0v) is 13.3. The van der Waals surface area contributed by atoms with Crippen molar-refractivity contribution in [2.75, 3.05) is 26.2 Å². The van der Waals surface area contributed by atoms with Gasteiger partial charge in [0.15, 0.2) is 0 Å². The summed E-state index contributed by atoms with van der Waals surface area (Å²) in [6.45, 7) is 5.46. The van der Waals surface area contributed by atoms with Crippen molar-refractivity contribution >= 4 is 5.91 Å². The van der Waals surface area contributed by atoms with Gasteiger partial charge in [-0.2, -0.15) is 0 Å². The van der Waals surface area contributed by atoms with Crippen LogP contribution < -0.4 is 10.6 Å². The minimum absolute atomic E-state index is 0.0941. The SMILES string of the molecule is O=C(CNCC1CC1)NCc1ccccc1CN1CCCC1. The Morgan fingerprint density at radius 3 is 2.59 bits per heavy atom. The van der Waals surface area contributed by atoms with Crippen LogP contribution >= 0.6 is 0 Å². The molecule has 1 saturated heterocycles. The average molecular weight is 301 g/mol. The van der Waals surface area contributed by atoms with E-state index in [4.69, 9.17) is 0 Å². The highest BCUT2D eigenvalue weighted by molar-refractivity contribution is 5.78. The van der Waals surface area contributed by atoms with Gasteiger partial charge in [0.1, 0.15) is 0 Å². The van der Waals surface area contributed by atoms with Gasteiger partial charge in [0.2, 0.25) is 5.91 Å². The molecule has 0 radical (unpaired) electrons. The third-order valence-corrected chi connectivity index (χ3v) is 4.60. The molecule has 0 bridgehead atoms. The molecule has 22 heavy (non-hydrogen) atoms. The Morgan fingerprint density at radius 2 is 1.86 bits per heavy atom. The number of amides is 1. The van der Waals surface area contributed by atoms with E-state index in [0.717, 1.165) is 19.0 Å². The highest BCUT2D eigenvalue weighted by atomic mass is 16.1. The normalized spacial score (nSPS) is 18.5. The number of rotatable bonds is 8. The van der Waals surface area contributed by atoms with Crippen LogP contribution in [0.3, 0.4) is 0 Å². The molecule has 0 aromatic heterocycles. The van der Waals surface area contributed by atoms with Crippen molar-refractivity contribution in [2.45, 2.75) is 38.8 Å². The maximum Gasteiger partial charge on any atom is 0.234 e. The Kier molecular flexibility index (Phi) is 5.46. The van der Waals surface area contributed by atoms with Crippen molar-refractivity contribution in [2.24, 2.45) is 5.92 Å². The standard InChI is InChI=1S/C18H27N3O/c22-18(13-19-11-15-7-8-15)20-12-16-5-1-2-6-17(16)14-21-9-3-4-10-21/h1-2,5-6,15,19H,3-4,7-14H2,(H,20,22). The zero-order valence-electron chi connectivity index (χ0n) is 13.3. The lowest BCUT2D eigenvalue weighted by Gasteiger charge is -2.17. The maximum absolute atomic E-state index is 11.9. The fourth-order valence-corrected chi connectivity index (χ4v) is 3.03. The highest BCUT2D eigenvalue weighted by Gasteiger charge is 2.20. The van der Waals surface area contributed by atoms with E-state index < -0.39 is 0 Å². The molecule has 4 heteroatoms. The van der Waals surface area contributed by atoms with E-state index in [-0.39, 0.29) is 5.91 Å². The van der Waals surface area contributed by atoms with Crippen LogP contribution in [0.4, 0.5) is 0 Å². The van der Waals surface area contributed by atoms with Crippen LogP contribution in [0.1, 0.15) is 36.8 Å². The van der Waals surface area contributed by atoms with Crippen LogP contribution in [-0.4, -0.2) is 37.0 Å². The lowest BCUT2D eigenvalue weighted by atomic mass is 10.1. The van der Waals surface area contributed by atoms with E-state index in [1.54, 1.807) is 0 Å². The van der Waals surface area contributed by atoms with E-state index in [0.29, 0.717) is 13.1 Å². The molecule has 2 fully saturated rings. The van der Waals surface area contributed by atoms with Crippen LogP contribution in [0.2, 0.25) is 0 Å². The number of nitrogens with one attached hydrogen (secondary N) is 2. The predicted molar refractivity (Wildman–Crippen MR) is 88.4 cm³/mol. The molecule has 1 aromatic rings. The van der Waals surface area contributed by atoms with Gasteiger partial charge in [-0.3, -0.25) is 9.69 Å². The number of carbonyl (C=O) groups excluding carboxylic acids is 1. The van der Waals surface area contributed by atoms with Gasteiger partial charge >= 0.3 is 0 Å². The van der Waals surface area contributed by atoms with E-state index in [1.165, 1.54) is 49.9 Å². The maximum atomic E-state index is 11.9. The van der Waals surface area contributed by atoms with Gasteiger partial charge in [0.05, 0.1) is 6.54 Å². The van der Waals surface area contributed by atoms with Gasteiger partial charge < -0.3 is 10.6 Å². The molecule has 1 aliphatic heterocycles. The first-order valence-corrected chi connectivity index (χ1v) is 8.58. The lowest BCUT2D eigenvalue weighted by molar-refractivity contribution is -0.120.